The average Bonchev–Trinajstić information content (AvgIpc) is 2.89. The first-order chi connectivity index (χ1) is 10.3. The lowest BCUT2D eigenvalue weighted by molar-refractivity contribution is 0.0526. The fourth-order valence-corrected chi connectivity index (χ4v) is 2.86. The molecule has 0 radical (unpaired) electrons. The third-order valence-electron chi connectivity index (χ3n) is 3.98. The molecule has 0 bridgehead atoms. The van der Waals surface area contributed by atoms with E-state index in [1.54, 1.807) is 6.07 Å². The summed E-state index contributed by atoms with van der Waals surface area (Å²) >= 11 is 0. The van der Waals surface area contributed by atoms with E-state index in [0.717, 1.165) is 36.4 Å². The third kappa shape index (κ3) is 3.24. The minimum Gasteiger partial charge on any atom is -0.462 e. The summed E-state index contributed by atoms with van der Waals surface area (Å²) in [4.78, 5) is 19.7. The second-order valence-corrected chi connectivity index (χ2v) is 5.53. The number of aromatic nitrogens is 2. The Balaban J connectivity index is 1.77. The van der Waals surface area contributed by atoms with Gasteiger partial charge in [0.25, 0.3) is 0 Å². The third-order valence-corrected chi connectivity index (χ3v) is 3.98. The number of aromatic amines is 1. The molecule has 1 aliphatic rings. The first kappa shape index (κ1) is 14.1. The molecular weight excluding hydrogens is 266 g/mol. The summed E-state index contributed by atoms with van der Waals surface area (Å²) in [6, 6.07) is 5.48. The van der Waals surface area contributed by atoms with Crippen molar-refractivity contribution in [3.05, 3.63) is 29.6 Å². The van der Waals surface area contributed by atoms with Gasteiger partial charge in [-0.15, -0.1) is 0 Å². The van der Waals surface area contributed by atoms with Gasteiger partial charge in [0, 0.05) is 6.42 Å². The molecule has 5 nitrogen and oxygen atoms in total. The van der Waals surface area contributed by atoms with Gasteiger partial charge in [-0.1, -0.05) is 0 Å². The standard InChI is InChI=1S/C16H21N3O2/c1-2-21-16(20)12-3-4-13-14(10-12)19-15(18-13)9-11-5-7-17-8-6-11/h3-4,10-11,17H,2,5-9H2,1H3,(H,18,19). The van der Waals surface area contributed by atoms with Crippen molar-refractivity contribution in [2.75, 3.05) is 19.7 Å². The van der Waals surface area contributed by atoms with Crippen molar-refractivity contribution in [2.45, 2.75) is 26.2 Å². The molecule has 0 saturated carbocycles. The second-order valence-electron chi connectivity index (χ2n) is 5.53. The molecule has 5 heteroatoms. The number of hydrogen-bond acceptors (Lipinski definition) is 4. The van der Waals surface area contributed by atoms with Crippen LogP contribution in [0.1, 0.15) is 35.9 Å². The highest BCUT2D eigenvalue weighted by molar-refractivity contribution is 5.93. The van der Waals surface area contributed by atoms with E-state index in [-0.39, 0.29) is 5.97 Å². The molecule has 2 N–H and O–H groups in total. The number of carbonyl (C=O) groups is 1. The van der Waals surface area contributed by atoms with Crippen molar-refractivity contribution in [2.24, 2.45) is 5.92 Å². The normalized spacial score (nSPS) is 16.2. The van der Waals surface area contributed by atoms with Gasteiger partial charge in [-0.05, 0) is 57.0 Å². The Labute approximate surface area is 124 Å². The van der Waals surface area contributed by atoms with Gasteiger partial charge in [-0.25, -0.2) is 9.78 Å². The number of esters is 1. The number of nitrogens with zero attached hydrogens (tertiary/aromatic N) is 1. The number of imidazole rings is 1. The Morgan fingerprint density at radius 3 is 2.95 bits per heavy atom. The minimum absolute atomic E-state index is 0.283. The van der Waals surface area contributed by atoms with Crippen LogP contribution in [-0.4, -0.2) is 35.6 Å². The Hall–Kier alpha value is -1.88. The molecule has 1 saturated heterocycles. The average molecular weight is 287 g/mol. The van der Waals surface area contributed by atoms with E-state index in [1.165, 1.54) is 12.8 Å². The Morgan fingerprint density at radius 1 is 1.38 bits per heavy atom. The molecule has 21 heavy (non-hydrogen) atoms. The first-order valence-corrected chi connectivity index (χ1v) is 7.62. The van der Waals surface area contributed by atoms with E-state index in [4.69, 9.17) is 4.74 Å². The zero-order valence-corrected chi connectivity index (χ0v) is 12.3. The topological polar surface area (TPSA) is 67.0 Å². The van der Waals surface area contributed by atoms with Crippen LogP contribution in [-0.2, 0) is 11.2 Å². The van der Waals surface area contributed by atoms with E-state index in [2.05, 4.69) is 15.3 Å². The van der Waals surface area contributed by atoms with Crippen LogP contribution < -0.4 is 5.32 Å². The number of hydrogen-bond donors (Lipinski definition) is 2. The lowest BCUT2D eigenvalue weighted by Gasteiger charge is -2.21. The molecule has 0 atom stereocenters. The van der Waals surface area contributed by atoms with Crippen LogP contribution in [0.3, 0.4) is 0 Å². The Morgan fingerprint density at radius 2 is 2.19 bits per heavy atom. The molecule has 0 spiro atoms. The van der Waals surface area contributed by atoms with E-state index in [9.17, 15) is 4.79 Å². The highest BCUT2D eigenvalue weighted by Crippen LogP contribution is 2.20. The van der Waals surface area contributed by atoms with Crippen molar-refractivity contribution in [1.82, 2.24) is 15.3 Å². The highest BCUT2D eigenvalue weighted by Gasteiger charge is 2.16. The molecule has 1 fully saturated rings. The molecule has 0 unspecified atom stereocenters. The van der Waals surface area contributed by atoms with Crippen LogP contribution in [0.5, 0.6) is 0 Å². The smallest absolute Gasteiger partial charge is 0.338 e. The Kier molecular flexibility index (Phi) is 4.20. The maximum Gasteiger partial charge on any atom is 0.338 e. The quantitative estimate of drug-likeness (QED) is 0.847. The van der Waals surface area contributed by atoms with Gasteiger partial charge in [0.2, 0.25) is 0 Å². The van der Waals surface area contributed by atoms with Crippen LogP contribution >= 0.6 is 0 Å². The van der Waals surface area contributed by atoms with E-state index in [0.29, 0.717) is 18.1 Å². The molecule has 112 valence electrons. The number of fused-ring (bicyclic) bond motifs is 1. The van der Waals surface area contributed by atoms with Crippen molar-refractivity contribution in [3.8, 4) is 0 Å². The van der Waals surface area contributed by atoms with Crippen LogP contribution in [0.4, 0.5) is 0 Å². The highest BCUT2D eigenvalue weighted by atomic mass is 16.5. The molecule has 2 heterocycles. The minimum atomic E-state index is -0.283. The summed E-state index contributed by atoms with van der Waals surface area (Å²) in [6.45, 7) is 4.39. The van der Waals surface area contributed by atoms with Gasteiger partial charge in [0.15, 0.2) is 0 Å². The van der Waals surface area contributed by atoms with Crippen LogP contribution in [0.2, 0.25) is 0 Å². The maximum atomic E-state index is 11.7. The number of carbonyl (C=O) groups excluding carboxylic acids is 1. The largest absolute Gasteiger partial charge is 0.462 e. The fraction of sp³-hybridized carbons (Fsp3) is 0.500. The summed E-state index contributed by atoms with van der Waals surface area (Å²) in [7, 11) is 0. The Bertz CT molecular complexity index is 629. The lowest BCUT2D eigenvalue weighted by Crippen LogP contribution is -2.28. The van der Waals surface area contributed by atoms with Crippen LogP contribution in [0.25, 0.3) is 11.0 Å². The number of piperidine rings is 1. The number of benzene rings is 1. The number of nitrogens with one attached hydrogen (secondary N) is 2. The lowest BCUT2D eigenvalue weighted by atomic mass is 9.94. The SMILES string of the molecule is CCOC(=O)c1ccc2nc(CC3CCNCC3)[nH]c2c1. The summed E-state index contributed by atoms with van der Waals surface area (Å²) in [5, 5.41) is 3.38. The van der Waals surface area contributed by atoms with Crippen LogP contribution in [0.15, 0.2) is 18.2 Å². The van der Waals surface area contributed by atoms with E-state index < -0.39 is 0 Å². The number of rotatable bonds is 4. The van der Waals surface area contributed by atoms with Gasteiger partial charge >= 0.3 is 5.97 Å². The van der Waals surface area contributed by atoms with Crippen molar-refractivity contribution < 1.29 is 9.53 Å². The molecule has 3 rings (SSSR count). The first-order valence-electron chi connectivity index (χ1n) is 7.62. The molecule has 1 aromatic carbocycles. The molecule has 0 aliphatic carbocycles. The van der Waals surface area contributed by atoms with Crippen LogP contribution in [0, 0.1) is 5.92 Å². The zero-order valence-electron chi connectivity index (χ0n) is 12.3. The molecule has 1 aromatic heterocycles. The van der Waals surface area contributed by atoms with Gasteiger partial charge in [0.1, 0.15) is 5.82 Å². The number of ether oxygens (including phenoxy) is 1. The monoisotopic (exact) mass is 287 g/mol. The maximum absolute atomic E-state index is 11.7. The number of H-pyrrole nitrogens is 1. The molecular formula is C16H21N3O2. The summed E-state index contributed by atoms with van der Waals surface area (Å²) in [5.74, 6) is 1.42. The van der Waals surface area contributed by atoms with Gasteiger partial charge in [-0.3, -0.25) is 0 Å². The van der Waals surface area contributed by atoms with Gasteiger partial charge in [0.05, 0.1) is 23.2 Å². The summed E-state index contributed by atoms with van der Waals surface area (Å²) in [5.41, 5.74) is 2.39. The molecule has 1 aliphatic heterocycles. The fourth-order valence-electron chi connectivity index (χ4n) is 2.86. The van der Waals surface area contributed by atoms with Crippen molar-refractivity contribution in [1.29, 1.82) is 0 Å². The summed E-state index contributed by atoms with van der Waals surface area (Å²) in [6.07, 6.45) is 3.38. The van der Waals surface area contributed by atoms with E-state index >= 15 is 0 Å². The van der Waals surface area contributed by atoms with Gasteiger partial charge in [-0.2, -0.15) is 0 Å². The molecule has 0 amide bonds. The molecule has 2 aromatic rings. The van der Waals surface area contributed by atoms with Crippen molar-refractivity contribution >= 4 is 17.0 Å². The predicted molar refractivity (Wildman–Crippen MR) is 81.3 cm³/mol. The second kappa shape index (κ2) is 6.26. The van der Waals surface area contributed by atoms with Gasteiger partial charge < -0.3 is 15.0 Å². The predicted octanol–water partition coefficient (Wildman–Crippen LogP) is 2.28. The van der Waals surface area contributed by atoms with E-state index in [1.807, 2.05) is 19.1 Å². The summed E-state index contributed by atoms with van der Waals surface area (Å²) < 4.78 is 5.02. The van der Waals surface area contributed by atoms with Crippen molar-refractivity contribution in [3.63, 3.8) is 0 Å². The zero-order chi connectivity index (χ0) is 14.7.